The Hall–Kier alpha value is -3.16. The number of halogens is 2. The summed E-state index contributed by atoms with van der Waals surface area (Å²) < 4.78 is 7.35. The number of hydrogen-bond acceptors (Lipinski definition) is 5. The third kappa shape index (κ3) is 3.99. The van der Waals surface area contributed by atoms with Crippen LogP contribution in [0.25, 0.3) is 0 Å². The Bertz CT molecular complexity index is 1260. The molecule has 2 aromatic carbocycles. The van der Waals surface area contributed by atoms with E-state index in [0.717, 1.165) is 41.6 Å². The summed E-state index contributed by atoms with van der Waals surface area (Å²) in [5, 5.41) is 8.75. The average Bonchev–Trinajstić information content (AvgIpc) is 3.32. The number of allylic oxidation sites excluding steroid dienone is 1. The van der Waals surface area contributed by atoms with Crippen molar-refractivity contribution in [3.8, 4) is 5.75 Å². The molecule has 3 heterocycles. The SMILES string of the molecule is COc1ccccc1N1CCN(C(=O)C2=C(C)Nc3ccnn3C2c2ccc(Cl)c(Cl)c2)CC1. The predicted molar refractivity (Wildman–Crippen MR) is 135 cm³/mol. The minimum Gasteiger partial charge on any atom is -0.495 e. The second-order valence-electron chi connectivity index (χ2n) is 8.35. The maximum absolute atomic E-state index is 13.9. The van der Waals surface area contributed by atoms with Crippen molar-refractivity contribution in [2.24, 2.45) is 0 Å². The van der Waals surface area contributed by atoms with E-state index >= 15 is 0 Å². The van der Waals surface area contributed by atoms with Gasteiger partial charge in [-0.2, -0.15) is 5.10 Å². The van der Waals surface area contributed by atoms with Gasteiger partial charge in [0.05, 0.1) is 34.6 Å². The number of fused-ring (bicyclic) bond motifs is 1. The normalized spacial score (nSPS) is 17.9. The number of para-hydroxylation sites is 2. The molecule has 34 heavy (non-hydrogen) atoms. The Kier molecular flexibility index (Phi) is 6.15. The lowest BCUT2D eigenvalue weighted by molar-refractivity contribution is -0.127. The van der Waals surface area contributed by atoms with Crippen LogP contribution in [-0.4, -0.2) is 53.9 Å². The zero-order valence-electron chi connectivity index (χ0n) is 19.0. The van der Waals surface area contributed by atoms with Crippen LogP contribution in [0.1, 0.15) is 18.5 Å². The lowest BCUT2D eigenvalue weighted by Crippen LogP contribution is -2.50. The van der Waals surface area contributed by atoms with Crippen LogP contribution in [0.15, 0.2) is 66.0 Å². The van der Waals surface area contributed by atoms with E-state index in [0.29, 0.717) is 28.7 Å². The van der Waals surface area contributed by atoms with Gasteiger partial charge in [0.25, 0.3) is 5.91 Å². The number of carbonyl (C=O) groups is 1. The minimum absolute atomic E-state index is 0.0121. The van der Waals surface area contributed by atoms with Crippen molar-refractivity contribution in [3.05, 3.63) is 81.6 Å². The van der Waals surface area contributed by atoms with Crippen LogP contribution in [-0.2, 0) is 4.79 Å². The van der Waals surface area contributed by atoms with Gasteiger partial charge in [-0.15, -0.1) is 0 Å². The van der Waals surface area contributed by atoms with Crippen molar-refractivity contribution < 1.29 is 9.53 Å². The van der Waals surface area contributed by atoms with Crippen LogP contribution in [0.2, 0.25) is 10.0 Å². The van der Waals surface area contributed by atoms with E-state index in [1.165, 1.54) is 0 Å². The molecule has 2 aliphatic rings. The Balaban J connectivity index is 1.42. The summed E-state index contributed by atoms with van der Waals surface area (Å²) in [6.07, 6.45) is 1.72. The van der Waals surface area contributed by atoms with E-state index < -0.39 is 6.04 Å². The fraction of sp³-hybridized carbons (Fsp3) is 0.280. The van der Waals surface area contributed by atoms with Gasteiger partial charge in [0.1, 0.15) is 17.6 Å². The van der Waals surface area contributed by atoms with Crippen molar-refractivity contribution in [2.75, 3.05) is 43.5 Å². The molecule has 0 spiro atoms. The third-order valence-corrected chi connectivity index (χ3v) is 7.13. The van der Waals surface area contributed by atoms with Crippen molar-refractivity contribution in [1.82, 2.24) is 14.7 Å². The number of rotatable bonds is 4. The first-order valence-corrected chi connectivity index (χ1v) is 11.9. The molecule has 1 aromatic heterocycles. The van der Waals surface area contributed by atoms with Crippen molar-refractivity contribution in [2.45, 2.75) is 13.0 Å². The van der Waals surface area contributed by atoms with Crippen molar-refractivity contribution >= 4 is 40.6 Å². The fourth-order valence-corrected chi connectivity index (χ4v) is 4.99. The molecular formula is C25H25Cl2N5O2. The summed E-state index contributed by atoms with van der Waals surface area (Å²) in [5.41, 5.74) is 3.36. The largest absolute Gasteiger partial charge is 0.495 e. The van der Waals surface area contributed by atoms with Gasteiger partial charge in [-0.1, -0.05) is 41.4 Å². The first-order valence-electron chi connectivity index (χ1n) is 11.1. The molecule has 7 nitrogen and oxygen atoms in total. The molecule has 0 saturated carbocycles. The minimum atomic E-state index is -0.402. The van der Waals surface area contributed by atoms with Crippen molar-refractivity contribution in [1.29, 1.82) is 0 Å². The maximum Gasteiger partial charge on any atom is 0.254 e. The smallest absolute Gasteiger partial charge is 0.254 e. The lowest BCUT2D eigenvalue weighted by atomic mass is 9.94. The summed E-state index contributed by atoms with van der Waals surface area (Å²) >= 11 is 12.5. The number of amides is 1. The van der Waals surface area contributed by atoms with Gasteiger partial charge in [0, 0.05) is 37.9 Å². The van der Waals surface area contributed by atoms with Gasteiger partial charge in [-0.25, -0.2) is 4.68 Å². The van der Waals surface area contributed by atoms with Crippen molar-refractivity contribution in [3.63, 3.8) is 0 Å². The quantitative estimate of drug-likeness (QED) is 0.558. The molecule has 176 valence electrons. The van der Waals surface area contributed by atoms with Gasteiger partial charge in [0.15, 0.2) is 0 Å². The fourth-order valence-electron chi connectivity index (χ4n) is 4.69. The number of piperazine rings is 1. The molecule has 3 aromatic rings. The summed E-state index contributed by atoms with van der Waals surface area (Å²) in [5.74, 6) is 1.65. The van der Waals surface area contributed by atoms with Crippen LogP contribution >= 0.6 is 23.2 Å². The standard InChI is InChI=1S/C25H25Cl2N5O2/c1-16-23(24(32-22(29-16)9-10-28-32)17-7-8-18(26)19(27)15-17)25(33)31-13-11-30(12-14-31)20-5-3-4-6-21(20)34-2/h3-10,15,24,29H,11-14H2,1-2H3. The second kappa shape index (κ2) is 9.24. The van der Waals surface area contributed by atoms with Gasteiger partial charge in [0.2, 0.25) is 0 Å². The Morgan fingerprint density at radius 1 is 1.06 bits per heavy atom. The second-order valence-corrected chi connectivity index (χ2v) is 9.17. The number of hydrogen-bond donors (Lipinski definition) is 1. The Morgan fingerprint density at radius 3 is 2.56 bits per heavy atom. The molecule has 1 saturated heterocycles. The zero-order valence-corrected chi connectivity index (χ0v) is 20.5. The number of anilines is 2. The van der Waals surface area contributed by atoms with Crippen LogP contribution < -0.4 is 15.0 Å². The summed E-state index contributed by atoms with van der Waals surface area (Å²) in [7, 11) is 1.68. The number of carbonyl (C=O) groups excluding carboxylic acids is 1. The van der Waals surface area contributed by atoms with E-state index in [4.69, 9.17) is 27.9 Å². The highest BCUT2D eigenvalue weighted by Gasteiger charge is 2.36. The van der Waals surface area contributed by atoms with E-state index in [-0.39, 0.29) is 5.91 Å². The molecule has 1 N–H and O–H groups in total. The Morgan fingerprint density at radius 2 is 1.82 bits per heavy atom. The monoisotopic (exact) mass is 497 g/mol. The van der Waals surface area contributed by atoms with Crippen LogP contribution in [0.4, 0.5) is 11.5 Å². The highest BCUT2D eigenvalue weighted by molar-refractivity contribution is 6.42. The van der Waals surface area contributed by atoms with Crippen LogP contribution in [0.3, 0.4) is 0 Å². The first-order chi connectivity index (χ1) is 16.5. The molecule has 1 amide bonds. The number of nitrogens with one attached hydrogen (secondary N) is 1. The van der Waals surface area contributed by atoms with Crippen LogP contribution in [0, 0.1) is 0 Å². The van der Waals surface area contributed by atoms with E-state index in [1.54, 1.807) is 19.4 Å². The zero-order chi connectivity index (χ0) is 23.8. The molecule has 2 aliphatic heterocycles. The summed E-state index contributed by atoms with van der Waals surface area (Å²) in [4.78, 5) is 18.0. The number of nitrogens with zero attached hydrogens (tertiary/aromatic N) is 4. The third-order valence-electron chi connectivity index (χ3n) is 6.39. The molecular weight excluding hydrogens is 473 g/mol. The molecule has 5 rings (SSSR count). The first kappa shape index (κ1) is 22.6. The number of methoxy groups -OCH3 is 1. The van der Waals surface area contributed by atoms with Gasteiger partial charge >= 0.3 is 0 Å². The molecule has 1 fully saturated rings. The summed E-state index contributed by atoms with van der Waals surface area (Å²) in [6.45, 7) is 4.58. The van der Waals surface area contributed by atoms with E-state index in [2.05, 4.69) is 15.3 Å². The topological polar surface area (TPSA) is 62.6 Å². The molecule has 1 atom stereocenters. The number of benzene rings is 2. The lowest BCUT2D eigenvalue weighted by Gasteiger charge is -2.39. The highest BCUT2D eigenvalue weighted by Crippen LogP contribution is 2.38. The summed E-state index contributed by atoms with van der Waals surface area (Å²) in [6, 6.07) is 14.9. The van der Waals surface area contributed by atoms with Gasteiger partial charge in [-0.05, 0) is 36.8 Å². The van der Waals surface area contributed by atoms with E-state index in [1.807, 2.05) is 59.0 Å². The number of ether oxygens (including phenoxy) is 1. The molecule has 0 radical (unpaired) electrons. The highest BCUT2D eigenvalue weighted by atomic mass is 35.5. The molecule has 0 bridgehead atoms. The average molecular weight is 498 g/mol. The molecule has 1 unspecified atom stereocenters. The van der Waals surface area contributed by atoms with Gasteiger partial charge in [-0.3, -0.25) is 4.79 Å². The Labute approximate surface area is 208 Å². The molecule has 9 heteroatoms. The molecule has 0 aliphatic carbocycles. The predicted octanol–water partition coefficient (Wildman–Crippen LogP) is 4.84. The van der Waals surface area contributed by atoms with E-state index in [9.17, 15) is 4.79 Å². The van der Waals surface area contributed by atoms with Gasteiger partial charge < -0.3 is 19.9 Å². The maximum atomic E-state index is 13.9. The number of aromatic nitrogens is 2. The van der Waals surface area contributed by atoms with Crippen LogP contribution in [0.5, 0.6) is 5.75 Å².